The second-order valence-electron chi connectivity index (χ2n) is 4.61. The highest BCUT2D eigenvalue weighted by Crippen LogP contribution is 2.38. The minimum absolute atomic E-state index is 0.543. The number of H-pyrrole nitrogens is 1. The van der Waals surface area contributed by atoms with Crippen molar-refractivity contribution >= 4 is 17.7 Å². The fraction of sp³-hybridized carbons (Fsp3) is 0.818. The molecule has 0 bridgehead atoms. The van der Waals surface area contributed by atoms with Gasteiger partial charge in [0.05, 0.1) is 5.25 Å². The van der Waals surface area contributed by atoms with Gasteiger partial charge in [0.15, 0.2) is 0 Å². The zero-order valence-corrected chi connectivity index (χ0v) is 10.8. The Morgan fingerprint density at radius 1 is 1.24 bits per heavy atom. The van der Waals surface area contributed by atoms with Crippen LogP contribution in [0, 0.1) is 0 Å². The van der Waals surface area contributed by atoms with Crippen molar-refractivity contribution in [2.45, 2.75) is 24.5 Å². The first-order valence-electron chi connectivity index (χ1n) is 6.43. The van der Waals surface area contributed by atoms with Gasteiger partial charge in [0, 0.05) is 19.6 Å². The molecular formula is C11H19N5S. The molecule has 0 saturated carbocycles. The van der Waals surface area contributed by atoms with Crippen LogP contribution >= 0.6 is 11.8 Å². The Hall–Kier alpha value is -0.750. The van der Waals surface area contributed by atoms with Crippen LogP contribution in [0.25, 0.3) is 0 Å². The fourth-order valence-corrected chi connectivity index (χ4v) is 3.60. The molecule has 17 heavy (non-hydrogen) atoms. The first-order chi connectivity index (χ1) is 8.43. The number of nitrogens with zero attached hydrogens (tertiary/aromatic N) is 3. The van der Waals surface area contributed by atoms with Gasteiger partial charge in [0.1, 0.15) is 5.82 Å². The van der Waals surface area contributed by atoms with Crippen molar-refractivity contribution in [1.82, 2.24) is 20.5 Å². The van der Waals surface area contributed by atoms with E-state index in [1.807, 2.05) is 11.8 Å². The monoisotopic (exact) mass is 253 g/mol. The van der Waals surface area contributed by atoms with E-state index in [1.54, 1.807) is 0 Å². The summed E-state index contributed by atoms with van der Waals surface area (Å²) in [6, 6.07) is 0. The topological polar surface area (TPSA) is 56.8 Å². The van der Waals surface area contributed by atoms with Gasteiger partial charge < -0.3 is 10.2 Å². The number of aromatic nitrogens is 3. The van der Waals surface area contributed by atoms with E-state index in [1.165, 1.54) is 25.0 Å². The lowest BCUT2D eigenvalue weighted by Gasteiger charge is -2.17. The van der Waals surface area contributed by atoms with Gasteiger partial charge in [-0.05, 0) is 31.6 Å². The van der Waals surface area contributed by atoms with E-state index in [4.69, 9.17) is 0 Å². The van der Waals surface area contributed by atoms with Gasteiger partial charge in [-0.15, -0.1) is 5.10 Å². The number of rotatable bonds is 2. The first-order valence-corrected chi connectivity index (χ1v) is 7.48. The normalized spacial score (nSPS) is 26.1. The van der Waals surface area contributed by atoms with E-state index < -0.39 is 0 Å². The van der Waals surface area contributed by atoms with E-state index in [2.05, 4.69) is 25.4 Å². The van der Waals surface area contributed by atoms with Gasteiger partial charge >= 0.3 is 0 Å². The number of hydrogen-bond acceptors (Lipinski definition) is 5. The van der Waals surface area contributed by atoms with Gasteiger partial charge in [-0.2, -0.15) is 16.7 Å². The Kier molecular flexibility index (Phi) is 3.51. The first kappa shape index (κ1) is 11.3. The Balaban J connectivity index is 1.70. The molecule has 0 amide bonds. The Morgan fingerprint density at radius 2 is 2.24 bits per heavy atom. The molecule has 2 aliphatic rings. The van der Waals surface area contributed by atoms with Gasteiger partial charge in [-0.3, -0.25) is 5.10 Å². The highest BCUT2D eigenvalue weighted by Gasteiger charge is 2.22. The maximum absolute atomic E-state index is 4.67. The molecule has 94 valence electrons. The molecule has 0 aliphatic carbocycles. The minimum atomic E-state index is 0.543. The molecule has 2 N–H and O–H groups in total. The van der Waals surface area contributed by atoms with Crippen molar-refractivity contribution in [3.05, 3.63) is 5.82 Å². The maximum Gasteiger partial charge on any atom is 0.244 e. The lowest BCUT2D eigenvalue weighted by Crippen LogP contribution is -2.28. The summed E-state index contributed by atoms with van der Waals surface area (Å²) in [5.41, 5.74) is 0. The second-order valence-corrected chi connectivity index (χ2v) is 5.92. The summed E-state index contributed by atoms with van der Waals surface area (Å²) in [6.07, 6.45) is 3.71. The third-order valence-electron chi connectivity index (χ3n) is 3.35. The molecule has 3 rings (SSSR count). The van der Waals surface area contributed by atoms with Crippen molar-refractivity contribution < 1.29 is 0 Å². The van der Waals surface area contributed by atoms with Crippen LogP contribution in [0.15, 0.2) is 0 Å². The van der Waals surface area contributed by atoms with Crippen LogP contribution < -0.4 is 10.2 Å². The summed E-state index contributed by atoms with van der Waals surface area (Å²) >= 11 is 1.99. The molecule has 5 nitrogen and oxygen atoms in total. The molecule has 0 spiro atoms. The highest BCUT2D eigenvalue weighted by molar-refractivity contribution is 7.99. The van der Waals surface area contributed by atoms with Gasteiger partial charge in [0.25, 0.3) is 0 Å². The van der Waals surface area contributed by atoms with Crippen LogP contribution in [0.5, 0.6) is 0 Å². The predicted molar refractivity (Wildman–Crippen MR) is 70.5 cm³/mol. The van der Waals surface area contributed by atoms with Crippen LogP contribution in [0.2, 0.25) is 0 Å². The lowest BCUT2D eigenvalue weighted by molar-refractivity contribution is 0.724. The van der Waals surface area contributed by atoms with Crippen LogP contribution in [-0.4, -0.2) is 47.1 Å². The largest absolute Gasteiger partial charge is 0.338 e. The Morgan fingerprint density at radius 3 is 3.12 bits per heavy atom. The van der Waals surface area contributed by atoms with E-state index in [9.17, 15) is 0 Å². The Labute approximate surface area is 106 Å². The maximum atomic E-state index is 4.67. The zero-order valence-electron chi connectivity index (χ0n) is 9.98. The van der Waals surface area contributed by atoms with Crippen molar-refractivity contribution in [3.63, 3.8) is 0 Å². The van der Waals surface area contributed by atoms with E-state index in [0.717, 1.165) is 38.0 Å². The minimum Gasteiger partial charge on any atom is -0.338 e. The summed E-state index contributed by atoms with van der Waals surface area (Å²) in [4.78, 5) is 6.95. The summed E-state index contributed by atoms with van der Waals surface area (Å²) < 4.78 is 0. The van der Waals surface area contributed by atoms with E-state index in [-0.39, 0.29) is 0 Å². The molecule has 0 radical (unpaired) electrons. The molecule has 1 unspecified atom stereocenters. The lowest BCUT2D eigenvalue weighted by atomic mass is 10.2. The van der Waals surface area contributed by atoms with Gasteiger partial charge in [-0.25, -0.2) is 0 Å². The summed E-state index contributed by atoms with van der Waals surface area (Å²) in [7, 11) is 0. The standard InChI is InChI=1S/C11H19N5S/c1-3-9(17-8-1)10-13-11(15-14-10)16-6-2-4-12-5-7-16/h9,12H,1-8H2,(H,13,14,15). The molecule has 2 fully saturated rings. The van der Waals surface area contributed by atoms with Crippen LogP contribution in [-0.2, 0) is 0 Å². The SMILES string of the molecule is C1CSC(c2nc(N3CCCNCC3)n[nH]2)C1. The molecular weight excluding hydrogens is 234 g/mol. The molecule has 2 aliphatic heterocycles. The van der Waals surface area contributed by atoms with Crippen LogP contribution in [0.4, 0.5) is 5.95 Å². The van der Waals surface area contributed by atoms with Crippen molar-refractivity contribution in [2.75, 3.05) is 36.8 Å². The summed E-state index contributed by atoms with van der Waals surface area (Å²) in [5, 5.41) is 11.4. The van der Waals surface area contributed by atoms with E-state index >= 15 is 0 Å². The van der Waals surface area contributed by atoms with Crippen molar-refractivity contribution in [1.29, 1.82) is 0 Å². The Bertz CT molecular complexity index is 352. The number of thioether (sulfide) groups is 1. The van der Waals surface area contributed by atoms with Crippen molar-refractivity contribution in [3.8, 4) is 0 Å². The van der Waals surface area contributed by atoms with Crippen molar-refractivity contribution in [2.24, 2.45) is 0 Å². The third-order valence-corrected chi connectivity index (χ3v) is 4.73. The number of nitrogens with one attached hydrogen (secondary N) is 2. The third kappa shape index (κ3) is 2.57. The molecule has 6 heteroatoms. The smallest absolute Gasteiger partial charge is 0.244 e. The molecule has 0 aromatic carbocycles. The zero-order chi connectivity index (χ0) is 11.5. The molecule has 1 aromatic heterocycles. The van der Waals surface area contributed by atoms with Crippen LogP contribution in [0.3, 0.4) is 0 Å². The van der Waals surface area contributed by atoms with E-state index in [0.29, 0.717) is 5.25 Å². The molecule has 3 heterocycles. The number of aromatic amines is 1. The van der Waals surface area contributed by atoms with Gasteiger partial charge in [-0.1, -0.05) is 0 Å². The molecule has 1 atom stereocenters. The average Bonchev–Trinajstić information content (AvgIpc) is 2.95. The highest BCUT2D eigenvalue weighted by atomic mass is 32.2. The molecule has 2 saturated heterocycles. The summed E-state index contributed by atoms with van der Waals surface area (Å²) in [5.74, 6) is 3.21. The van der Waals surface area contributed by atoms with Crippen LogP contribution in [0.1, 0.15) is 30.3 Å². The predicted octanol–water partition coefficient (Wildman–Crippen LogP) is 1.17. The molecule has 1 aromatic rings. The second kappa shape index (κ2) is 5.27. The quantitative estimate of drug-likeness (QED) is 0.828. The average molecular weight is 253 g/mol. The number of hydrogen-bond donors (Lipinski definition) is 2. The van der Waals surface area contributed by atoms with Gasteiger partial charge in [0.2, 0.25) is 5.95 Å². The summed E-state index contributed by atoms with van der Waals surface area (Å²) in [6.45, 7) is 4.20. The number of anilines is 1. The fourth-order valence-electron chi connectivity index (χ4n) is 2.39.